The number of alkyl halides is 3. The minimum Gasteiger partial charge on any atom is -0.369 e. The van der Waals surface area contributed by atoms with Gasteiger partial charge in [0.25, 0.3) is 5.91 Å². The highest BCUT2D eigenvalue weighted by Gasteiger charge is 2.42. The molecule has 1 heterocycles. The summed E-state index contributed by atoms with van der Waals surface area (Å²) in [6, 6.07) is 7.77. The fourth-order valence-electron chi connectivity index (χ4n) is 3.66. The Labute approximate surface area is 194 Å². The van der Waals surface area contributed by atoms with Crippen molar-refractivity contribution in [1.29, 1.82) is 0 Å². The van der Waals surface area contributed by atoms with E-state index in [-0.39, 0.29) is 47.4 Å². The first kappa shape index (κ1) is 25.2. The van der Waals surface area contributed by atoms with E-state index >= 15 is 0 Å². The van der Waals surface area contributed by atoms with Crippen molar-refractivity contribution in [3.05, 3.63) is 71.0 Å². The molecule has 182 valence electrons. The van der Waals surface area contributed by atoms with Crippen LogP contribution in [-0.4, -0.2) is 34.4 Å². The number of halogens is 4. The molecule has 10 heteroatoms. The first-order valence-corrected chi connectivity index (χ1v) is 10.7. The molecule has 2 amide bonds. The van der Waals surface area contributed by atoms with Crippen molar-refractivity contribution in [3.8, 4) is 0 Å². The Morgan fingerprint density at radius 1 is 1.21 bits per heavy atom. The van der Waals surface area contributed by atoms with Crippen LogP contribution in [-0.2, 0) is 11.3 Å². The molecule has 34 heavy (non-hydrogen) atoms. The van der Waals surface area contributed by atoms with Gasteiger partial charge in [-0.15, -0.1) is 0 Å². The second-order valence-corrected chi connectivity index (χ2v) is 8.85. The number of nitrogens with two attached hydrogens (primary N) is 1. The van der Waals surface area contributed by atoms with Crippen molar-refractivity contribution < 1.29 is 27.2 Å². The Morgan fingerprint density at radius 2 is 1.85 bits per heavy atom. The van der Waals surface area contributed by atoms with Crippen LogP contribution in [0.15, 0.2) is 53.5 Å². The summed E-state index contributed by atoms with van der Waals surface area (Å²) in [5.41, 5.74) is 5.05. The van der Waals surface area contributed by atoms with Gasteiger partial charge in [0.05, 0.1) is 18.5 Å². The van der Waals surface area contributed by atoms with Crippen molar-refractivity contribution in [2.75, 3.05) is 0 Å². The predicted molar refractivity (Wildman–Crippen MR) is 119 cm³/mol. The number of hydrogen-bond acceptors (Lipinski definition) is 4. The Bertz CT molecular complexity index is 1100. The second kappa shape index (κ2) is 9.44. The van der Waals surface area contributed by atoms with Crippen LogP contribution in [0.5, 0.6) is 0 Å². The van der Waals surface area contributed by atoms with E-state index in [2.05, 4.69) is 4.99 Å². The zero-order valence-electron chi connectivity index (χ0n) is 19.0. The van der Waals surface area contributed by atoms with Crippen LogP contribution < -0.4 is 11.1 Å². The van der Waals surface area contributed by atoms with Crippen LogP contribution in [0.3, 0.4) is 0 Å². The number of rotatable bonds is 6. The number of aliphatic imine (C=N–C) groups is 1. The molecule has 6 nitrogen and oxygen atoms in total. The monoisotopic (exact) mass is 478 g/mol. The first-order valence-electron chi connectivity index (χ1n) is 10.7. The van der Waals surface area contributed by atoms with Crippen LogP contribution in [0, 0.1) is 11.7 Å². The molecule has 3 rings (SSSR count). The lowest BCUT2D eigenvalue weighted by Crippen LogP contribution is -2.51. The van der Waals surface area contributed by atoms with Gasteiger partial charge in [-0.2, -0.15) is 13.2 Å². The molecule has 0 aromatic heterocycles. The van der Waals surface area contributed by atoms with Crippen molar-refractivity contribution in [1.82, 2.24) is 10.2 Å². The summed E-state index contributed by atoms with van der Waals surface area (Å²) < 4.78 is 55.1. The van der Waals surface area contributed by atoms with Gasteiger partial charge in [0, 0.05) is 5.56 Å². The maximum Gasteiger partial charge on any atom is 0.412 e. The number of guanidine groups is 1. The van der Waals surface area contributed by atoms with Crippen molar-refractivity contribution in [2.45, 2.75) is 51.5 Å². The summed E-state index contributed by atoms with van der Waals surface area (Å²) >= 11 is 0. The highest BCUT2D eigenvalue weighted by molar-refractivity contribution is 5.99. The average molecular weight is 478 g/mol. The molecule has 0 aliphatic carbocycles. The third-order valence-corrected chi connectivity index (χ3v) is 6.00. The summed E-state index contributed by atoms with van der Waals surface area (Å²) in [6.45, 7) is 5.47. The molecule has 2 atom stereocenters. The van der Waals surface area contributed by atoms with Gasteiger partial charge in [-0.1, -0.05) is 44.2 Å². The molecular weight excluding hydrogens is 452 g/mol. The number of benzene rings is 2. The van der Waals surface area contributed by atoms with E-state index in [1.165, 1.54) is 35.2 Å². The van der Waals surface area contributed by atoms with Crippen LogP contribution in [0.25, 0.3) is 0 Å². The summed E-state index contributed by atoms with van der Waals surface area (Å²) in [4.78, 5) is 31.0. The number of carbonyl (C=O) groups is 2. The van der Waals surface area contributed by atoms with Crippen molar-refractivity contribution >= 4 is 17.8 Å². The number of amides is 2. The van der Waals surface area contributed by atoms with Gasteiger partial charge >= 0.3 is 6.18 Å². The van der Waals surface area contributed by atoms with Crippen molar-refractivity contribution in [3.63, 3.8) is 0 Å². The minimum atomic E-state index is -4.76. The third kappa shape index (κ3) is 5.55. The van der Waals surface area contributed by atoms with Gasteiger partial charge in [0.15, 0.2) is 12.0 Å². The number of nitrogens with zero attached hydrogens (tertiary/aromatic N) is 2. The number of hydrogen-bond donors (Lipinski definition) is 2. The van der Waals surface area contributed by atoms with E-state index < -0.39 is 29.5 Å². The average Bonchev–Trinajstić information content (AvgIpc) is 2.73. The van der Waals surface area contributed by atoms with Gasteiger partial charge in [0.1, 0.15) is 5.82 Å². The van der Waals surface area contributed by atoms with Crippen LogP contribution >= 0.6 is 0 Å². The zero-order valence-corrected chi connectivity index (χ0v) is 19.0. The smallest absolute Gasteiger partial charge is 0.369 e. The van der Waals surface area contributed by atoms with E-state index in [9.17, 15) is 27.2 Å². The SMILES string of the molecule is CC(C)[C@]1(C)CC(=O)N(Cc2cc(F)cc(C(=O)N[C@H](c3ccccc3)C(F)(F)F)c2)C(N)=N1. The molecule has 0 fully saturated rings. The van der Waals surface area contributed by atoms with E-state index in [4.69, 9.17) is 5.73 Å². The van der Waals surface area contributed by atoms with Gasteiger partial charge in [0.2, 0.25) is 5.91 Å². The Hall–Kier alpha value is -3.43. The van der Waals surface area contributed by atoms with Crippen molar-refractivity contribution in [2.24, 2.45) is 16.6 Å². The molecule has 1 aliphatic rings. The van der Waals surface area contributed by atoms with E-state index in [0.29, 0.717) is 0 Å². The first-order chi connectivity index (χ1) is 15.8. The van der Waals surface area contributed by atoms with Gasteiger partial charge in [-0.05, 0) is 42.2 Å². The van der Waals surface area contributed by atoms with Gasteiger partial charge in [-0.25, -0.2) is 9.38 Å². The molecule has 0 unspecified atom stereocenters. The number of carbonyl (C=O) groups excluding carboxylic acids is 2. The molecule has 0 saturated heterocycles. The quantitative estimate of drug-likeness (QED) is 0.606. The maximum atomic E-state index is 14.3. The summed E-state index contributed by atoms with van der Waals surface area (Å²) in [7, 11) is 0. The third-order valence-electron chi connectivity index (χ3n) is 6.00. The zero-order chi connectivity index (χ0) is 25.3. The molecule has 1 aliphatic heterocycles. The Kier molecular flexibility index (Phi) is 6.99. The predicted octanol–water partition coefficient (Wildman–Crippen LogP) is 4.32. The summed E-state index contributed by atoms with van der Waals surface area (Å²) in [5, 5.41) is 1.93. The summed E-state index contributed by atoms with van der Waals surface area (Å²) in [6.07, 6.45) is -4.67. The molecule has 0 bridgehead atoms. The molecule has 2 aromatic carbocycles. The largest absolute Gasteiger partial charge is 0.412 e. The second-order valence-electron chi connectivity index (χ2n) is 8.85. The van der Waals surface area contributed by atoms with Gasteiger partial charge in [-0.3, -0.25) is 14.5 Å². The van der Waals surface area contributed by atoms with Gasteiger partial charge < -0.3 is 11.1 Å². The lowest BCUT2D eigenvalue weighted by Gasteiger charge is -2.37. The Morgan fingerprint density at radius 3 is 2.41 bits per heavy atom. The van der Waals surface area contributed by atoms with Crippen LogP contribution in [0.1, 0.15) is 54.7 Å². The molecular formula is C24H26F4N4O2. The van der Waals surface area contributed by atoms with E-state index in [1.807, 2.05) is 26.1 Å². The van der Waals surface area contributed by atoms with E-state index in [1.54, 1.807) is 6.07 Å². The van der Waals surface area contributed by atoms with E-state index in [0.717, 1.165) is 12.1 Å². The number of nitrogens with one attached hydrogen (secondary N) is 1. The maximum absolute atomic E-state index is 14.3. The van der Waals surface area contributed by atoms with Crippen LogP contribution in [0.2, 0.25) is 0 Å². The molecule has 0 radical (unpaired) electrons. The highest BCUT2D eigenvalue weighted by Crippen LogP contribution is 2.33. The normalized spacial score (nSPS) is 19.7. The molecule has 3 N–H and O–H groups in total. The lowest BCUT2D eigenvalue weighted by atomic mass is 9.84. The lowest BCUT2D eigenvalue weighted by molar-refractivity contribution is -0.155. The molecule has 0 saturated carbocycles. The Balaban J connectivity index is 1.85. The highest BCUT2D eigenvalue weighted by atomic mass is 19.4. The molecule has 0 spiro atoms. The molecule has 2 aromatic rings. The fourth-order valence-corrected chi connectivity index (χ4v) is 3.66. The fraction of sp³-hybridized carbons (Fsp3) is 0.375. The van der Waals surface area contributed by atoms with Crippen LogP contribution in [0.4, 0.5) is 17.6 Å². The minimum absolute atomic E-state index is 0.0380. The topological polar surface area (TPSA) is 87.8 Å². The summed E-state index contributed by atoms with van der Waals surface area (Å²) in [5.74, 6) is -2.25. The standard InChI is InChI=1S/C24H26F4N4O2/c1-14(2)23(3)12-19(33)32(22(29)31-23)13-15-9-17(11-18(25)10-15)21(34)30-20(24(26,27)28)16-7-5-4-6-8-16/h4-11,14,20H,12-13H2,1-3H3,(H2,29,31)(H,30,34)/t20-,23+/m1/s1.